The van der Waals surface area contributed by atoms with E-state index in [-0.39, 0.29) is 17.9 Å². The molecule has 38 heavy (non-hydrogen) atoms. The monoisotopic (exact) mass is 544 g/mol. The van der Waals surface area contributed by atoms with Gasteiger partial charge in [0.15, 0.2) is 5.82 Å². The maximum absolute atomic E-state index is 12.9. The van der Waals surface area contributed by atoms with E-state index in [1.807, 2.05) is 20.8 Å². The number of likely N-dealkylation sites (N-methyl/N-ethyl adjacent to an activating group) is 1. The SMILES string of the molecule is CNCC1CN(c2nn(-c3cc4c(cc3OC)N(C(=O)OC(C)(C)C)CCO4)c3cc(Cl)ncc23)C(=O)O1. The van der Waals surface area contributed by atoms with Gasteiger partial charge in [0.1, 0.15) is 40.7 Å². The second kappa shape index (κ2) is 9.84. The molecule has 2 amide bonds. The summed E-state index contributed by atoms with van der Waals surface area (Å²) in [6.07, 6.45) is 0.269. The molecule has 1 fully saturated rings. The molecule has 2 aromatic heterocycles. The zero-order valence-electron chi connectivity index (χ0n) is 21.8. The van der Waals surface area contributed by atoms with E-state index in [2.05, 4.69) is 10.3 Å². The Morgan fingerprint density at radius 2 is 2.05 bits per heavy atom. The largest absolute Gasteiger partial charge is 0.494 e. The van der Waals surface area contributed by atoms with Crippen molar-refractivity contribution < 1.29 is 28.5 Å². The number of ether oxygens (including phenoxy) is 4. The van der Waals surface area contributed by atoms with Crippen molar-refractivity contribution in [1.29, 1.82) is 0 Å². The van der Waals surface area contributed by atoms with Crippen LogP contribution in [-0.2, 0) is 9.47 Å². The fraction of sp³-hybridized carbons (Fsp3) is 0.440. The molecule has 0 bridgehead atoms. The van der Waals surface area contributed by atoms with Gasteiger partial charge in [-0.25, -0.2) is 19.3 Å². The molecule has 12 nitrogen and oxygen atoms in total. The molecule has 1 saturated heterocycles. The zero-order chi connectivity index (χ0) is 27.2. The number of hydrogen-bond donors (Lipinski definition) is 1. The number of hydrogen-bond acceptors (Lipinski definition) is 9. The van der Waals surface area contributed by atoms with Crippen molar-refractivity contribution in [3.8, 4) is 17.2 Å². The molecule has 5 rings (SSSR count). The minimum Gasteiger partial charge on any atom is -0.494 e. The molecule has 1 aromatic carbocycles. The first-order valence-electron chi connectivity index (χ1n) is 12.1. The average molecular weight is 545 g/mol. The molecule has 0 saturated carbocycles. The lowest BCUT2D eigenvalue weighted by atomic mass is 10.2. The number of aromatic nitrogens is 3. The summed E-state index contributed by atoms with van der Waals surface area (Å²) in [6, 6.07) is 5.10. The molecule has 4 heterocycles. The third kappa shape index (κ3) is 4.76. The van der Waals surface area contributed by atoms with Gasteiger partial charge in [0.05, 0.1) is 36.8 Å². The highest BCUT2D eigenvalue weighted by atomic mass is 35.5. The first-order valence-corrected chi connectivity index (χ1v) is 12.5. The number of methoxy groups -OCH3 is 1. The number of benzene rings is 1. The van der Waals surface area contributed by atoms with Crippen LogP contribution in [0.3, 0.4) is 0 Å². The van der Waals surface area contributed by atoms with Crippen LogP contribution in [0.25, 0.3) is 16.6 Å². The lowest BCUT2D eigenvalue weighted by molar-refractivity contribution is 0.0567. The van der Waals surface area contributed by atoms with Crippen LogP contribution in [0, 0.1) is 0 Å². The lowest BCUT2D eigenvalue weighted by Crippen LogP contribution is -2.41. The van der Waals surface area contributed by atoms with Crippen LogP contribution in [-0.4, -0.2) is 79.1 Å². The maximum Gasteiger partial charge on any atom is 0.416 e. The van der Waals surface area contributed by atoms with E-state index >= 15 is 0 Å². The van der Waals surface area contributed by atoms with Gasteiger partial charge in [-0.2, -0.15) is 0 Å². The Morgan fingerprint density at radius 1 is 1.26 bits per heavy atom. The summed E-state index contributed by atoms with van der Waals surface area (Å²) in [7, 11) is 3.31. The molecular weight excluding hydrogens is 516 g/mol. The fourth-order valence-electron chi connectivity index (χ4n) is 4.45. The van der Waals surface area contributed by atoms with Crippen LogP contribution < -0.4 is 24.6 Å². The third-order valence-electron chi connectivity index (χ3n) is 6.04. The normalized spacial score (nSPS) is 17.3. The molecule has 1 unspecified atom stereocenters. The van der Waals surface area contributed by atoms with Crippen molar-refractivity contribution in [2.45, 2.75) is 32.5 Å². The predicted octanol–water partition coefficient (Wildman–Crippen LogP) is 3.76. The molecule has 0 aliphatic carbocycles. The quantitative estimate of drug-likeness (QED) is 0.478. The smallest absolute Gasteiger partial charge is 0.416 e. The minimum atomic E-state index is -0.653. The summed E-state index contributed by atoms with van der Waals surface area (Å²) in [6.45, 7) is 6.88. The Labute approximate surface area is 224 Å². The number of carbonyl (C=O) groups excluding carboxylic acids is 2. The summed E-state index contributed by atoms with van der Waals surface area (Å²) in [5, 5.41) is 8.65. The predicted molar refractivity (Wildman–Crippen MR) is 141 cm³/mol. The van der Waals surface area contributed by atoms with Crippen molar-refractivity contribution in [3.63, 3.8) is 0 Å². The molecule has 202 valence electrons. The van der Waals surface area contributed by atoms with Crippen LogP contribution in [0.15, 0.2) is 24.4 Å². The van der Waals surface area contributed by atoms with E-state index in [1.165, 1.54) is 16.9 Å². The molecule has 0 radical (unpaired) electrons. The molecule has 13 heteroatoms. The zero-order valence-corrected chi connectivity index (χ0v) is 22.5. The summed E-state index contributed by atoms with van der Waals surface area (Å²) >= 11 is 6.26. The van der Waals surface area contributed by atoms with E-state index in [9.17, 15) is 9.59 Å². The van der Waals surface area contributed by atoms with Crippen molar-refractivity contribution in [3.05, 3.63) is 29.5 Å². The van der Waals surface area contributed by atoms with Crippen molar-refractivity contribution in [1.82, 2.24) is 20.1 Å². The van der Waals surface area contributed by atoms with Crippen molar-refractivity contribution in [2.24, 2.45) is 0 Å². The summed E-state index contributed by atoms with van der Waals surface area (Å²) in [4.78, 5) is 32.8. The fourth-order valence-corrected chi connectivity index (χ4v) is 4.60. The Bertz CT molecular complexity index is 1400. The second-order valence-electron chi connectivity index (χ2n) is 9.91. The average Bonchev–Trinajstić information content (AvgIpc) is 3.41. The van der Waals surface area contributed by atoms with Gasteiger partial charge < -0.3 is 24.3 Å². The second-order valence-corrected chi connectivity index (χ2v) is 10.3. The molecule has 0 spiro atoms. The number of nitrogens with one attached hydrogen (secondary N) is 1. The van der Waals surface area contributed by atoms with Crippen LogP contribution in [0.5, 0.6) is 11.5 Å². The highest BCUT2D eigenvalue weighted by molar-refractivity contribution is 6.30. The Kier molecular flexibility index (Phi) is 6.70. The van der Waals surface area contributed by atoms with Crippen LogP contribution >= 0.6 is 11.6 Å². The number of rotatable bonds is 5. The molecule has 2 aliphatic rings. The number of pyridine rings is 1. The van der Waals surface area contributed by atoms with Gasteiger partial charge in [-0.05, 0) is 27.8 Å². The first-order chi connectivity index (χ1) is 18.1. The van der Waals surface area contributed by atoms with Gasteiger partial charge in [0.25, 0.3) is 0 Å². The molecule has 1 atom stereocenters. The topological polar surface area (TPSA) is 120 Å². The standard InChI is InChI=1S/C25H29ClN6O6/c1-25(2,3)38-24(34)30-6-7-36-20-9-18(19(35-5)8-17(20)30)32-16-10-21(26)28-12-15(16)22(29-32)31-13-14(11-27-4)37-23(31)33/h8-10,12,14,27H,6-7,11,13H2,1-5H3. The highest BCUT2D eigenvalue weighted by Crippen LogP contribution is 2.42. The number of fused-ring (bicyclic) bond motifs is 2. The van der Waals surface area contributed by atoms with Gasteiger partial charge in [-0.15, -0.1) is 5.10 Å². The maximum atomic E-state index is 12.9. The van der Waals surface area contributed by atoms with Crippen LogP contribution in [0.1, 0.15) is 20.8 Å². The summed E-state index contributed by atoms with van der Waals surface area (Å²) < 4.78 is 24.3. The number of halogens is 1. The van der Waals surface area contributed by atoms with Crippen LogP contribution in [0.2, 0.25) is 5.15 Å². The van der Waals surface area contributed by atoms with Gasteiger partial charge in [0, 0.05) is 30.9 Å². The molecule has 1 N–H and O–H groups in total. The van der Waals surface area contributed by atoms with Gasteiger partial charge in [-0.1, -0.05) is 11.6 Å². The summed E-state index contributed by atoms with van der Waals surface area (Å²) in [5.74, 6) is 1.26. The first kappa shape index (κ1) is 25.9. The summed E-state index contributed by atoms with van der Waals surface area (Å²) in [5.41, 5.74) is 0.985. The van der Waals surface area contributed by atoms with Gasteiger partial charge >= 0.3 is 12.2 Å². The van der Waals surface area contributed by atoms with Crippen molar-refractivity contribution in [2.75, 3.05) is 50.2 Å². The Hall–Kier alpha value is -3.77. The van der Waals surface area contributed by atoms with Gasteiger partial charge in [0.2, 0.25) is 0 Å². The van der Waals surface area contributed by atoms with E-state index in [4.69, 9.17) is 35.6 Å². The highest BCUT2D eigenvalue weighted by Gasteiger charge is 2.36. The third-order valence-corrected chi connectivity index (χ3v) is 6.25. The number of nitrogens with zero attached hydrogens (tertiary/aromatic N) is 5. The Morgan fingerprint density at radius 3 is 2.76 bits per heavy atom. The van der Waals surface area contributed by atoms with Gasteiger partial charge in [-0.3, -0.25) is 9.80 Å². The molecule has 2 aliphatic heterocycles. The molecular formula is C25H29ClN6O6. The van der Waals surface area contributed by atoms with E-state index < -0.39 is 17.8 Å². The minimum absolute atomic E-state index is 0.256. The number of amides is 2. The van der Waals surface area contributed by atoms with E-state index in [1.54, 1.807) is 36.1 Å². The molecule has 3 aromatic rings. The Balaban J connectivity index is 1.61. The van der Waals surface area contributed by atoms with Crippen molar-refractivity contribution >= 4 is 46.2 Å². The van der Waals surface area contributed by atoms with E-state index in [0.717, 1.165) is 0 Å². The van der Waals surface area contributed by atoms with E-state index in [0.29, 0.717) is 59.2 Å². The number of anilines is 2. The van der Waals surface area contributed by atoms with Crippen LogP contribution in [0.4, 0.5) is 21.1 Å². The number of cyclic esters (lactones) is 1. The number of carbonyl (C=O) groups is 2. The lowest BCUT2D eigenvalue weighted by Gasteiger charge is -2.32.